The minimum absolute atomic E-state index is 0.0830. The van der Waals surface area contributed by atoms with Crippen molar-refractivity contribution < 1.29 is 19.4 Å². The van der Waals surface area contributed by atoms with Crippen LogP contribution in [0.4, 0.5) is 5.69 Å². The van der Waals surface area contributed by atoms with Crippen LogP contribution in [0.1, 0.15) is 11.1 Å². The van der Waals surface area contributed by atoms with E-state index in [2.05, 4.69) is 21.2 Å². The molecule has 3 rings (SSSR count). The fourth-order valence-electron chi connectivity index (χ4n) is 2.72. The molecule has 0 aliphatic carbocycles. The predicted octanol–water partition coefficient (Wildman–Crippen LogP) is 5.29. The Morgan fingerprint density at radius 1 is 1.13 bits per heavy atom. The number of nitrogens with zero attached hydrogens (tertiary/aromatic N) is 1. The predicted molar refractivity (Wildman–Crippen MR) is 122 cm³/mol. The van der Waals surface area contributed by atoms with Crippen molar-refractivity contribution in [2.75, 3.05) is 12.4 Å². The highest BCUT2D eigenvalue weighted by atomic mass is 79.9. The van der Waals surface area contributed by atoms with E-state index in [0.717, 1.165) is 5.56 Å². The molecule has 0 unspecified atom stereocenters. The Bertz CT molecular complexity index is 1140. The lowest BCUT2D eigenvalue weighted by atomic mass is 10.1. The Balaban J connectivity index is 1.81. The summed E-state index contributed by atoms with van der Waals surface area (Å²) in [6.07, 6.45) is 1.46. The molecule has 1 amide bonds. The molecule has 0 aliphatic heterocycles. The fourth-order valence-corrected chi connectivity index (χ4v) is 3.15. The molecule has 31 heavy (non-hydrogen) atoms. The molecular weight excluding hydrogens is 460 g/mol. The van der Waals surface area contributed by atoms with E-state index in [0.29, 0.717) is 33.8 Å². The molecule has 0 aromatic heterocycles. The number of hydrogen-bond acceptors (Lipinski definition) is 5. The Hall–Kier alpha value is -3.76. The van der Waals surface area contributed by atoms with E-state index < -0.39 is 5.91 Å². The van der Waals surface area contributed by atoms with Gasteiger partial charge in [0.05, 0.1) is 7.11 Å². The maximum absolute atomic E-state index is 12.5. The van der Waals surface area contributed by atoms with Crippen LogP contribution in [0.2, 0.25) is 0 Å². The first kappa shape index (κ1) is 21.9. The Morgan fingerprint density at radius 2 is 1.84 bits per heavy atom. The zero-order valence-electron chi connectivity index (χ0n) is 16.6. The van der Waals surface area contributed by atoms with Gasteiger partial charge in [0.1, 0.15) is 24.0 Å². The first-order valence-electron chi connectivity index (χ1n) is 9.26. The van der Waals surface area contributed by atoms with Crippen molar-refractivity contribution in [3.05, 3.63) is 87.9 Å². The van der Waals surface area contributed by atoms with Crippen molar-refractivity contribution in [1.29, 1.82) is 5.26 Å². The lowest BCUT2D eigenvalue weighted by Gasteiger charge is -2.13. The fraction of sp³-hybridized carbons (Fsp3) is 0.0833. The molecule has 0 heterocycles. The molecule has 0 saturated carbocycles. The lowest BCUT2D eigenvalue weighted by molar-refractivity contribution is -0.112. The number of nitrogens with one attached hydrogen (secondary N) is 1. The molecule has 0 aliphatic rings. The summed E-state index contributed by atoms with van der Waals surface area (Å²) >= 11 is 3.47. The highest BCUT2D eigenvalue weighted by Crippen LogP contribution is 2.35. The minimum atomic E-state index is -0.566. The van der Waals surface area contributed by atoms with E-state index in [1.165, 1.54) is 25.3 Å². The van der Waals surface area contributed by atoms with Crippen LogP contribution in [0, 0.1) is 11.3 Å². The summed E-state index contributed by atoms with van der Waals surface area (Å²) in [7, 11) is 1.52. The third kappa shape index (κ3) is 5.87. The summed E-state index contributed by atoms with van der Waals surface area (Å²) in [5.41, 5.74) is 1.97. The number of phenols is 1. The van der Waals surface area contributed by atoms with Gasteiger partial charge in [-0.25, -0.2) is 0 Å². The van der Waals surface area contributed by atoms with Gasteiger partial charge in [-0.2, -0.15) is 5.26 Å². The number of anilines is 1. The molecule has 6 nitrogen and oxygen atoms in total. The van der Waals surface area contributed by atoms with Crippen LogP contribution in [-0.4, -0.2) is 18.1 Å². The number of rotatable bonds is 7. The van der Waals surface area contributed by atoms with Crippen molar-refractivity contribution in [3.8, 4) is 23.3 Å². The number of carbonyl (C=O) groups excluding carboxylic acids is 1. The zero-order chi connectivity index (χ0) is 22.2. The number of benzene rings is 3. The molecule has 2 N–H and O–H groups in total. The van der Waals surface area contributed by atoms with Gasteiger partial charge in [0.25, 0.3) is 5.91 Å². The van der Waals surface area contributed by atoms with E-state index in [1.807, 2.05) is 36.4 Å². The van der Waals surface area contributed by atoms with Gasteiger partial charge in [-0.05, 0) is 53.6 Å². The highest BCUT2D eigenvalue weighted by molar-refractivity contribution is 9.10. The van der Waals surface area contributed by atoms with Crippen molar-refractivity contribution in [1.82, 2.24) is 0 Å². The number of aromatic hydroxyl groups is 1. The zero-order valence-corrected chi connectivity index (χ0v) is 18.2. The maximum atomic E-state index is 12.5. The van der Waals surface area contributed by atoms with Gasteiger partial charge in [-0.1, -0.05) is 46.3 Å². The van der Waals surface area contributed by atoms with Crippen LogP contribution < -0.4 is 14.8 Å². The van der Waals surface area contributed by atoms with Crippen LogP contribution in [0.5, 0.6) is 17.2 Å². The van der Waals surface area contributed by atoms with Gasteiger partial charge in [-0.15, -0.1) is 0 Å². The number of amides is 1. The van der Waals surface area contributed by atoms with E-state index in [9.17, 15) is 15.2 Å². The van der Waals surface area contributed by atoms with Gasteiger partial charge in [0.15, 0.2) is 11.5 Å². The quantitative estimate of drug-likeness (QED) is 0.273. The van der Waals surface area contributed by atoms with E-state index >= 15 is 0 Å². The third-order valence-electron chi connectivity index (χ3n) is 4.31. The number of phenolic OH excluding ortho intramolecular Hbond substituents is 1. The molecule has 0 spiro atoms. The van der Waals surface area contributed by atoms with Gasteiger partial charge in [0, 0.05) is 10.2 Å². The molecule has 7 heteroatoms. The summed E-state index contributed by atoms with van der Waals surface area (Å²) in [4.78, 5) is 12.5. The van der Waals surface area contributed by atoms with E-state index in [1.54, 1.807) is 24.3 Å². The second-order valence-corrected chi connectivity index (χ2v) is 7.32. The molecule has 3 aromatic rings. The number of carbonyl (C=O) groups is 1. The minimum Gasteiger partial charge on any atom is -0.508 e. The molecule has 0 saturated heterocycles. The third-order valence-corrected chi connectivity index (χ3v) is 5.00. The number of ether oxygens (including phenoxy) is 2. The van der Waals surface area contributed by atoms with Crippen LogP contribution in [0.25, 0.3) is 6.08 Å². The Morgan fingerprint density at radius 3 is 2.48 bits per heavy atom. The van der Waals surface area contributed by atoms with Crippen molar-refractivity contribution >= 4 is 33.6 Å². The monoisotopic (exact) mass is 478 g/mol. The molecule has 0 atom stereocenters. The summed E-state index contributed by atoms with van der Waals surface area (Å²) in [5.74, 6) is 0.521. The normalized spacial score (nSPS) is 10.8. The van der Waals surface area contributed by atoms with Gasteiger partial charge >= 0.3 is 0 Å². The van der Waals surface area contributed by atoms with E-state index in [-0.39, 0.29) is 11.3 Å². The second kappa shape index (κ2) is 10.3. The summed E-state index contributed by atoms with van der Waals surface area (Å²) in [5, 5.41) is 21.4. The molecule has 0 fully saturated rings. The van der Waals surface area contributed by atoms with Crippen LogP contribution in [0.3, 0.4) is 0 Å². The lowest BCUT2D eigenvalue weighted by Crippen LogP contribution is -2.13. The topological polar surface area (TPSA) is 91.6 Å². The number of hydrogen-bond donors (Lipinski definition) is 2. The van der Waals surface area contributed by atoms with Gasteiger partial charge in [0.2, 0.25) is 0 Å². The first-order valence-corrected chi connectivity index (χ1v) is 10.1. The van der Waals surface area contributed by atoms with Crippen LogP contribution >= 0.6 is 15.9 Å². The number of halogens is 1. The van der Waals surface area contributed by atoms with Crippen LogP contribution in [-0.2, 0) is 11.4 Å². The second-order valence-electron chi connectivity index (χ2n) is 6.47. The molecule has 3 aromatic carbocycles. The Labute approximate surface area is 188 Å². The maximum Gasteiger partial charge on any atom is 0.266 e. The summed E-state index contributed by atoms with van der Waals surface area (Å²) in [6.45, 7) is 0.372. The van der Waals surface area contributed by atoms with Crippen molar-refractivity contribution in [2.45, 2.75) is 6.61 Å². The number of nitriles is 1. The summed E-state index contributed by atoms with van der Waals surface area (Å²) in [6, 6.07) is 21.1. The average molecular weight is 479 g/mol. The van der Waals surface area contributed by atoms with Crippen LogP contribution in [0.15, 0.2) is 76.8 Å². The van der Waals surface area contributed by atoms with Crippen molar-refractivity contribution in [2.24, 2.45) is 0 Å². The summed E-state index contributed by atoms with van der Waals surface area (Å²) < 4.78 is 11.9. The SMILES string of the molecule is COc1cc(/C=C(\C#N)C(=O)Nc2ccc(O)cc2)c(Br)cc1OCc1ccccc1. The average Bonchev–Trinajstić information content (AvgIpc) is 2.79. The van der Waals surface area contributed by atoms with E-state index in [4.69, 9.17) is 9.47 Å². The number of methoxy groups -OCH3 is 1. The molecular formula is C24H19BrN2O4. The van der Waals surface area contributed by atoms with Gasteiger partial charge < -0.3 is 19.9 Å². The highest BCUT2D eigenvalue weighted by Gasteiger charge is 2.14. The largest absolute Gasteiger partial charge is 0.508 e. The van der Waals surface area contributed by atoms with Crippen molar-refractivity contribution in [3.63, 3.8) is 0 Å². The standard InChI is InChI=1S/C24H19BrN2O4/c1-30-22-12-17(21(25)13-23(22)31-15-16-5-3-2-4-6-16)11-18(14-26)24(29)27-19-7-9-20(28)10-8-19/h2-13,28H,15H2,1H3,(H,27,29)/b18-11+. The van der Waals surface area contributed by atoms with Gasteiger partial charge in [-0.3, -0.25) is 4.79 Å². The smallest absolute Gasteiger partial charge is 0.266 e. The first-order chi connectivity index (χ1) is 15.0. The Kier molecular flexibility index (Phi) is 7.31. The molecule has 0 bridgehead atoms. The molecule has 0 radical (unpaired) electrons. The molecule has 156 valence electrons.